The van der Waals surface area contributed by atoms with Crippen LogP contribution in [0.5, 0.6) is 0 Å². The van der Waals surface area contributed by atoms with Crippen molar-refractivity contribution in [2.75, 3.05) is 13.2 Å². The zero-order chi connectivity index (χ0) is 13.5. The Morgan fingerprint density at radius 3 is 1.88 bits per heavy atom. The van der Waals surface area contributed by atoms with Gasteiger partial charge in [0, 0.05) is 19.8 Å². The molecule has 0 aromatic carbocycles. The van der Waals surface area contributed by atoms with E-state index >= 15 is 0 Å². The van der Waals surface area contributed by atoms with E-state index in [1.807, 2.05) is 13.8 Å². The maximum Gasteiger partial charge on any atom is 0.302 e. The Morgan fingerprint density at radius 1 is 1.18 bits per heavy atom. The van der Waals surface area contributed by atoms with Crippen molar-refractivity contribution in [3.05, 3.63) is 0 Å². The molecular formula is C12H18O5. The molecule has 0 unspecified atom stereocenters. The second kappa shape index (κ2) is 6.92. The Kier molecular flexibility index (Phi) is 6.29. The second-order valence-electron chi connectivity index (χ2n) is 4.02. The van der Waals surface area contributed by atoms with E-state index in [4.69, 9.17) is 0 Å². The minimum atomic E-state index is -1.65. The fourth-order valence-corrected chi connectivity index (χ4v) is 0.835. The third-order valence-electron chi connectivity index (χ3n) is 1.62. The molecule has 0 saturated heterocycles. The van der Waals surface area contributed by atoms with Gasteiger partial charge in [-0.05, 0) is 0 Å². The minimum Gasteiger partial charge on any atom is -0.462 e. The van der Waals surface area contributed by atoms with Crippen LogP contribution in [-0.2, 0) is 19.1 Å². The van der Waals surface area contributed by atoms with Gasteiger partial charge in [0.2, 0.25) is 0 Å². The van der Waals surface area contributed by atoms with Crippen molar-refractivity contribution < 1.29 is 24.2 Å². The molecule has 0 aliphatic rings. The van der Waals surface area contributed by atoms with E-state index in [1.165, 1.54) is 13.8 Å². The molecule has 0 aliphatic carbocycles. The number of aliphatic hydroxyl groups is 1. The van der Waals surface area contributed by atoms with Crippen LogP contribution in [-0.4, -0.2) is 35.9 Å². The van der Waals surface area contributed by atoms with Crippen molar-refractivity contribution in [3.8, 4) is 11.8 Å². The van der Waals surface area contributed by atoms with E-state index in [9.17, 15) is 14.7 Å². The van der Waals surface area contributed by atoms with E-state index in [0.29, 0.717) is 0 Å². The SMILES string of the molecule is CC(=O)OCC(O)(C#CC(C)C)COC(C)=O. The van der Waals surface area contributed by atoms with Gasteiger partial charge in [-0.15, -0.1) is 0 Å². The number of rotatable bonds is 4. The van der Waals surface area contributed by atoms with Crippen molar-refractivity contribution >= 4 is 11.9 Å². The van der Waals surface area contributed by atoms with Crippen LogP contribution >= 0.6 is 0 Å². The lowest BCUT2D eigenvalue weighted by Crippen LogP contribution is -2.39. The van der Waals surface area contributed by atoms with Gasteiger partial charge in [0.1, 0.15) is 13.2 Å². The Hall–Kier alpha value is -1.54. The molecule has 5 heteroatoms. The lowest BCUT2D eigenvalue weighted by atomic mass is 10.1. The van der Waals surface area contributed by atoms with Crippen molar-refractivity contribution in [3.63, 3.8) is 0 Å². The molecule has 1 N–H and O–H groups in total. The molecule has 0 aromatic rings. The first-order valence-corrected chi connectivity index (χ1v) is 5.27. The van der Waals surface area contributed by atoms with Crippen LogP contribution in [0.15, 0.2) is 0 Å². The summed E-state index contributed by atoms with van der Waals surface area (Å²) in [5.41, 5.74) is -1.65. The average Bonchev–Trinajstić information content (AvgIpc) is 2.21. The first-order chi connectivity index (χ1) is 7.75. The summed E-state index contributed by atoms with van der Waals surface area (Å²) in [4.78, 5) is 21.4. The van der Waals surface area contributed by atoms with Gasteiger partial charge in [0.05, 0.1) is 0 Å². The minimum absolute atomic E-state index is 0.0520. The van der Waals surface area contributed by atoms with Crippen LogP contribution in [0.25, 0.3) is 0 Å². The molecule has 17 heavy (non-hydrogen) atoms. The fraction of sp³-hybridized carbons (Fsp3) is 0.667. The predicted octanol–water partition coefficient (Wildman–Crippen LogP) is 0.503. The van der Waals surface area contributed by atoms with E-state index in [1.54, 1.807) is 0 Å². The fourth-order valence-electron chi connectivity index (χ4n) is 0.835. The molecule has 0 fully saturated rings. The van der Waals surface area contributed by atoms with Crippen LogP contribution in [0.1, 0.15) is 27.7 Å². The van der Waals surface area contributed by atoms with E-state index in [2.05, 4.69) is 21.3 Å². The van der Waals surface area contributed by atoms with Gasteiger partial charge in [-0.3, -0.25) is 9.59 Å². The zero-order valence-electron chi connectivity index (χ0n) is 10.6. The summed E-state index contributed by atoms with van der Waals surface area (Å²) in [6, 6.07) is 0. The van der Waals surface area contributed by atoms with E-state index < -0.39 is 17.5 Å². The highest BCUT2D eigenvalue weighted by molar-refractivity contribution is 5.66. The first kappa shape index (κ1) is 15.5. The van der Waals surface area contributed by atoms with Crippen LogP contribution in [0.4, 0.5) is 0 Å². The van der Waals surface area contributed by atoms with Crippen molar-refractivity contribution in [1.29, 1.82) is 0 Å². The summed E-state index contributed by atoms with van der Waals surface area (Å²) < 4.78 is 9.38. The quantitative estimate of drug-likeness (QED) is 0.574. The molecule has 0 aromatic heterocycles. The Labute approximate surface area is 101 Å². The summed E-state index contributed by atoms with van der Waals surface area (Å²) in [5, 5.41) is 10.0. The highest BCUT2D eigenvalue weighted by Gasteiger charge is 2.28. The average molecular weight is 242 g/mol. The van der Waals surface area contributed by atoms with Gasteiger partial charge in [-0.2, -0.15) is 0 Å². The molecule has 5 nitrogen and oxygen atoms in total. The van der Waals surface area contributed by atoms with Gasteiger partial charge in [-0.25, -0.2) is 0 Å². The molecule has 0 rings (SSSR count). The monoisotopic (exact) mass is 242 g/mol. The summed E-state index contributed by atoms with van der Waals surface area (Å²) in [7, 11) is 0. The van der Waals surface area contributed by atoms with Crippen LogP contribution < -0.4 is 0 Å². The van der Waals surface area contributed by atoms with E-state index in [-0.39, 0.29) is 19.1 Å². The topological polar surface area (TPSA) is 72.8 Å². The van der Waals surface area contributed by atoms with Gasteiger partial charge < -0.3 is 14.6 Å². The molecule has 0 radical (unpaired) electrons. The number of hydrogen-bond donors (Lipinski definition) is 1. The molecular weight excluding hydrogens is 224 g/mol. The highest BCUT2D eigenvalue weighted by atomic mass is 16.6. The standard InChI is InChI=1S/C12H18O5/c1-9(2)5-6-12(15,7-16-10(3)13)8-17-11(4)14/h9,15H,7-8H2,1-4H3. The van der Waals surface area contributed by atoms with Crippen molar-refractivity contribution in [2.45, 2.75) is 33.3 Å². The maximum absolute atomic E-state index is 10.7. The number of esters is 2. The smallest absolute Gasteiger partial charge is 0.302 e. The van der Waals surface area contributed by atoms with Gasteiger partial charge in [0.25, 0.3) is 0 Å². The first-order valence-electron chi connectivity index (χ1n) is 5.27. The third kappa shape index (κ3) is 8.29. The number of ether oxygens (including phenoxy) is 2. The van der Waals surface area contributed by atoms with Crippen LogP contribution in [0.3, 0.4) is 0 Å². The van der Waals surface area contributed by atoms with Crippen LogP contribution in [0, 0.1) is 17.8 Å². The lowest BCUT2D eigenvalue weighted by Gasteiger charge is -2.21. The molecule has 0 aliphatic heterocycles. The van der Waals surface area contributed by atoms with Crippen molar-refractivity contribution in [2.24, 2.45) is 5.92 Å². The van der Waals surface area contributed by atoms with Gasteiger partial charge >= 0.3 is 11.9 Å². The zero-order valence-corrected chi connectivity index (χ0v) is 10.6. The Balaban J connectivity index is 4.63. The molecule has 0 atom stereocenters. The van der Waals surface area contributed by atoms with E-state index in [0.717, 1.165) is 0 Å². The van der Waals surface area contributed by atoms with Gasteiger partial charge in [-0.1, -0.05) is 25.7 Å². The maximum atomic E-state index is 10.7. The molecule has 0 heterocycles. The molecule has 96 valence electrons. The Morgan fingerprint density at radius 2 is 1.59 bits per heavy atom. The Bertz CT molecular complexity index is 317. The van der Waals surface area contributed by atoms with Gasteiger partial charge in [0.15, 0.2) is 5.60 Å². The molecule has 0 bridgehead atoms. The number of carbonyl (C=O) groups is 2. The summed E-state index contributed by atoms with van der Waals surface area (Å²) in [6.45, 7) is 5.51. The van der Waals surface area contributed by atoms with Crippen molar-refractivity contribution in [1.82, 2.24) is 0 Å². The predicted molar refractivity (Wildman–Crippen MR) is 60.8 cm³/mol. The molecule has 0 spiro atoms. The molecule has 0 amide bonds. The summed E-state index contributed by atoms with van der Waals surface area (Å²) in [6.07, 6.45) is 0. The second-order valence-corrected chi connectivity index (χ2v) is 4.02. The normalized spacial score (nSPS) is 10.5. The number of carbonyl (C=O) groups excluding carboxylic acids is 2. The molecule has 0 saturated carbocycles. The largest absolute Gasteiger partial charge is 0.462 e. The lowest BCUT2D eigenvalue weighted by molar-refractivity contribution is -0.154. The number of hydrogen-bond acceptors (Lipinski definition) is 5. The summed E-state index contributed by atoms with van der Waals surface area (Å²) >= 11 is 0. The van der Waals surface area contributed by atoms with Crippen LogP contribution in [0.2, 0.25) is 0 Å². The third-order valence-corrected chi connectivity index (χ3v) is 1.62. The summed E-state index contributed by atoms with van der Waals surface area (Å²) in [5.74, 6) is 4.30. The highest BCUT2D eigenvalue weighted by Crippen LogP contribution is 2.06.